The molecule has 1 amide bonds. The Morgan fingerprint density at radius 2 is 2.04 bits per heavy atom. The van der Waals surface area contributed by atoms with E-state index in [1.54, 1.807) is 30.1 Å². The molecule has 2 aromatic rings. The molecular formula is C16H17N3O4S. The third-order valence-corrected chi connectivity index (χ3v) is 5.07. The molecule has 1 aliphatic heterocycles. The van der Waals surface area contributed by atoms with Gasteiger partial charge in [-0.2, -0.15) is 0 Å². The van der Waals surface area contributed by atoms with E-state index in [1.165, 1.54) is 17.0 Å². The molecule has 0 bridgehead atoms. The molecule has 1 aromatic heterocycles. The third kappa shape index (κ3) is 2.96. The lowest BCUT2D eigenvalue weighted by Gasteiger charge is -2.26. The first-order chi connectivity index (χ1) is 11.3. The molecule has 0 fully saturated rings. The van der Waals surface area contributed by atoms with Gasteiger partial charge in [0, 0.05) is 43.4 Å². The van der Waals surface area contributed by atoms with Gasteiger partial charge >= 0.3 is 0 Å². The van der Waals surface area contributed by atoms with Gasteiger partial charge in [-0.3, -0.25) is 9.59 Å². The van der Waals surface area contributed by atoms with Gasteiger partial charge in [0.1, 0.15) is 0 Å². The van der Waals surface area contributed by atoms with Crippen molar-refractivity contribution in [1.82, 2.24) is 9.55 Å². The number of carbonyl (C=O) groups excluding carboxylic acids is 2. The van der Waals surface area contributed by atoms with Crippen LogP contribution in [0.15, 0.2) is 35.7 Å². The number of anilines is 1. The Bertz CT molecular complexity index is 931. The Hall–Kier alpha value is -2.48. The van der Waals surface area contributed by atoms with Crippen LogP contribution in [0.5, 0.6) is 0 Å². The number of ketones is 1. The fourth-order valence-corrected chi connectivity index (χ4v) is 3.62. The molecule has 0 saturated heterocycles. The van der Waals surface area contributed by atoms with E-state index in [1.807, 2.05) is 0 Å². The average molecular weight is 347 g/mol. The molecule has 24 heavy (non-hydrogen) atoms. The first kappa shape index (κ1) is 16.4. The van der Waals surface area contributed by atoms with Crippen LogP contribution in [0, 0.1) is 0 Å². The Morgan fingerprint density at radius 3 is 2.75 bits per heavy atom. The molecule has 1 aromatic carbocycles. The number of fused-ring (bicyclic) bond motifs is 1. The van der Waals surface area contributed by atoms with Gasteiger partial charge in [0.25, 0.3) is 0 Å². The summed E-state index contributed by atoms with van der Waals surface area (Å²) in [7, 11) is -1.78. The van der Waals surface area contributed by atoms with Crippen molar-refractivity contribution in [3.63, 3.8) is 0 Å². The maximum absolute atomic E-state index is 12.5. The topological polar surface area (TPSA) is 89.3 Å². The summed E-state index contributed by atoms with van der Waals surface area (Å²) in [6.07, 6.45) is 4.90. The summed E-state index contributed by atoms with van der Waals surface area (Å²) >= 11 is 0. The quantitative estimate of drug-likeness (QED) is 0.772. The molecule has 0 aliphatic carbocycles. The lowest BCUT2D eigenvalue weighted by Crippen LogP contribution is -2.31. The summed E-state index contributed by atoms with van der Waals surface area (Å²) in [6.45, 7) is -0.101. The number of carbonyl (C=O) groups is 2. The number of Topliss-reactive ketones (excluding diaryl/α,β-unsaturated/α-hetero) is 1. The molecule has 2 heterocycles. The highest BCUT2D eigenvalue weighted by molar-refractivity contribution is 7.90. The monoisotopic (exact) mass is 347 g/mol. The van der Waals surface area contributed by atoms with Gasteiger partial charge in [-0.1, -0.05) is 0 Å². The van der Waals surface area contributed by atoms with Gasteiger partial charge in [-0.25, -0.2) is 13.4 Å². The maximum atomic E-state index is 12.5. The van der Waals surface area contributed by atoms with Crippen LogP contribution in [0.4, 0.5) is 5.69 Å². The van der Waals surface area contributed by atoms with E-state index in [0.717, 1.165) is 17.5 Å². The summed E-state index contributed by atoms with van der Waals surface area (Å²) in [6, 6.07) is 5.19. The predicted octanol–water partition coefficient (Wildman–Crippen LogP) is 1.08. The lowest BCUT2D eigenvalue weighted by atomic mass is 9.97. The Labute approximate surface area is 139 Å². The van der Waals surface area contributed by atoms with Crippen LogP contribution in [0.3, 0.4) is 0 Å². The molecular weight excluding hydrogens is 330 g/mol. The van der Waals surface area contributed by atoms with Crippen LogP contribution in [-0.4, -0.2) is 43.0 Å². The minimum atomic E-state index is -3.49. The van der Waals surface area contributed by atoms with Crippen LogP contribution >= 0.6 is 0 Å². The SMILES string of the molecule is CN1C(=O)CCc2cc(C(=O)Cn3ccnc3S(C)(=O)=O)ccc21. The normalized spacial score (nSPS) is 14.6. The van der Waals surface area contributed by atoms with E-state index in [-0.39, 0.29) is 23.4 Å². The molecule has 0 atom stereocenters. The average Bonchev–Trinajstić information content (AvgIpc) is 2.99. The number of aromatic nitrogens is 2. The van der Waals surface area contributed by atoms with Gasteiger partial charge in [0.15, 0.2) is 5.78 Å². The van der Waals surface area contributed by atoms with Crippen molar-refractivity contribution in [3.8, 4) is 0 Å². The molecule has 0 spiro atoms. The van der Waals surface area contributed by atoms with Gasteiger partial charge in [0.2, 0.25) is 20.9 Å². The molecule has 1 aliphatic rings. The Kier molecular flexibility index (Phi) is 4.00. The van der Waals surface area contributed by atoms with Crippen molar-refractivity contribution in [1.29, 1.82) is 0 Å². The van der Waals surface area contributed by atoms with Crippen molar-refractivity contribution in [2.24, 2.45) is 0 Å². The van der Waals surface area contributed by atoms with Crippen molar-refractivity contribution < 1.29 is 18.0 Å². The van der Waals surface area contributed by atoms with E-state index in [0.29, 0.717) is 18.4 Å². The largest absolute Gasteiger partial charge is 0.315 e. The fraction of sp³-hybridized carbons (Fsp3) is 0.312. The zero-order chi connectivity index (χ0) is 17.5. The van der Waals surface area contributed by atoms with E-state index in [9.17, 15) is 18.0 Å². The highest BCUT2D eigenvalue weighted by atomic mass is 32.2. The molecule has 0 radical (unpaired) electrons. The maximum Gasteiger partial charge on any atom is 0.227 e. The highest BCUT2D eigenvalue weighted by Gasteiger charge is 2.22. The van der Waals surface area contributed by atoms with Crippen LogP contribution in [0.25, 0.3) is 0 Å². The van der Waals surface area contributed by atoms with Gasteiger partial charge in [-0.05, 0) is 30.2 Å². The first-order valence-corrected chi connectivity index (χ1v) is 9.30. The molecule has 0 N–H and O–H groups in total. The number of amides is 1. The number of rotatable bonds is 4. The summed E-state index contributed by atoms with van der Waals surface area (Å²) in [5.41, 5.74) is 2.24. The molecule has 3 rings (SSSR count). The molecule has 126 valence electrons. The second kappa shape index (κ2) is 5.86. The number of benzene rings is 1. The van der Waals surface area contributed by atoms with Crippen LogP contribution in [-0.2, 0) is 27.6 Å². The zero-order valence-electron chi connectivity index (χ0n) is 13.4. The minimum Gasteiger partial charge on any atom is -0.315 e. The smallest absolute Gasteiger partial charge is 0.227 e. The van der Waals surface area contributed by atoms with E-state index >= 15 is 0 Å². The highest BCUT2D eigenvalue weighted by Crippen LogP contribution is 2.27. The van der Waals surface area contributed by atoms with Gasteiger partial charge in [0.05, 0.1) is 6.54 Å². The summed E-state index contributed by atoms with van der Waals surface area (Å²) in [5, 5.41) is -0.126. The summed E-state index contributed by atoms with van der Waals surface area (Å²) in [5.74, 6) is -0.155. The number of imidazole rings is 1. The Morgan fingerprint density at radius 1 is 1.29 bits per heavy atom. The number of aryl methyl sites for hydroxylation is 1. The van der Waals surface area contributed by atoms with Crippen LogP contribution in [0.1, 0.15) is 22.3 Å². The van der Waals surface area contributed by atoms with Crippen molar-refractivity contribution >= 4 is 27.2 Å². The first-order valence-electron chi connectivity index (χ1n) is 7.41. The summed E-state index contributed by atoms with van der Waals surface area (Å²) < 4.78 is 24.6. The minimum absolute atomic E-state index is 0.0535. The lowest BCUT2D eigenvalue weighted by molar-refractivity contribution is -0.118. The molecule has 7 nitrogen and oxygen atoms in total. The van der Waals surface area contributed by atoms with Crippen molar-refractivity contribution in [2.75, 3.05) is 18.2 Å². The number of nitrogens with zero attached hydrogens (tertiary/aromatic N) is 3. The van der Waals surface area contributed by atoms with Gasteiger partial charge < -0.3 is 9.47 Å². The molecule has 8 heteroatoms. The van der Waals surface area contributed by atoms with Crippen LogP contribution in [0.2, 0.25) is 0 Å². The molecule has 0 saturated carbocycles. The second-order valence-corrected chi connectivity index (χ2v) is 7.74. The molecule has 0 unspecified atom stereocenters. The number of sulfone groups is 1. The van der Waals surface area contributed by atoms with Crippen LogP contribution < -0.4 is 4.90 Å². The number of hydrogen-bond donors (Lipinski definition) is 0. The van der Waals surface area contributed by atoms with Crippen molar-refractivity contribution in [3.05, 3.63) is 41.7 Å². The Balaban J connectivity index is 1.87. The van der Waals surface area contributed by atoms with Crippen molar-refractivity contribution in [2.45, 2.75) is 24.5 Å². The second-order valence-electron chi connectivity index (χ2n) is 5.83. The fourth-order valence-electron chi connectivity index (χ4n) is 2.82. The van der Waals surface area contributed by atoms with E-state index in [2.05, 4.69) is 4.98 Å². The number of hydrogen-bond acceptors (Lipinski definition) is 5. The summed E-state index contributed by atoms with van der Waals surface area (Å²) in [4.78, 5) is 29.6. The van der Waals surface area contributed by atoms with E-state index < -0.39 is 9.84 Å². The third-order valence-electron chi connectivity index (χ3n) is 4.07. The van der Waals surface area contributed by atoms with Gasteiger partial charge in [-0.15, -0.1) is 0 Å². The van der Waals surface area contributed by atoms with E-state index in [4.69, 9.17) is 0 Å². The zero-order valence-corrected chi connectivity index (χ0v) is 14.2. The standard InChI is InChI=1S/C16H17N3O4S/c1-18-13-5-3-12(9-11(13)4-6-15(18)21)14(20)10-19-8-7-17-16(19)24(2,22)23/h3,5,7-9H,4,6,10H2,1-2H3. The predicted molar refractivity (Wildman–Crippen MR) is 87.8 cm³/mol.